The molecule has 0 saturated heterocycles. The number of nitrogens with zero attached hydrogens (tertiary/aromatic N) is 2. The van der Waals surface area contributed by atoms with Crippen LogP contribution in [0.1, 0.15) is 37.8 Å². The van der Waals surface area contributed by atoms with Gasteiger partial charge < -0.3 is 10.6 Å². The number of benzene rings is 1. The number of nitrogens with two attached hydrogens (primary N) is 1. The topological polar surface area (TPSA) is 159 Å². The van der Waals surface area contributed by atoms with Crippen molar-refractivity contribution >= 4 is 43.5 Å². The highest BCUT2D eigenvalue weighted by Gasteiger charge is 2.24. The van der Waals surface area contributed by atoms with Crippen LogP contribution in [0.15, 0.2) is 27.3 Å². The minimum Gasteiger partial charge on any atom is -0.363 e. The first-order chi connectivity index (χ1) is 14.2. The van der Waals surface area contributed by atoms with E-state index in [1.54, 1.807) is 0 Å². The van der Waals surface area contributed by atoms with Crippen molar-refractivity contribution < 1.29 is 17.4 Å². The van der Waals surface area contributed by atoms with Gasteiger partial charge in [-0.1, -0.05) is 0 Å². The largest absolute Gasteiger partial charge is 0.363 e. The molecule has 0 amide bonds. The third-order valence-corrected chi connectivity index (χ3v) is 6.17. The van der Waals surface area contributed by atoms with Crippen molar-refractivity contribution in [3.63, 3.8) is 0 Å². The zero-order valence-corrected chi connectivity index (χ0v) is 18.4. The number of amidine groups is 1. The lowest BCUT2D eigenvalue weighted by Gasteiger charge is -2.29. The summed E-state index contributed by atoms with van der Waals surface area (Å²) in [4.78, 5) is 0. The van der Waals surface area contributed by atoms with Gasteiger partial charge in [-0.25, -0.2) is 18.9 Å². The molecule has 1 aliphatic carbocycles. The van der Waals surface area contributed by atoms with Crippen LogP contribution in [0.3, 0.4) is 0 Å². The molecular weight excluding hydrogens is 481 g/mol. The molecule has 164 valence electrons. The first-order valence-corrected chi connectivity index (χ1v) is 11.7. The highest BCUT2D eigenvalue weighted by atomic mass is 79.9. The number of rotatable bonds is 8. The van der Waals surface area contributed by atoms with E-state index < -0.39 is 16.0 Å². The first kappa shape index (κ1) is 22.6. The Hall–Kier alpha value is -2.09. The van der Waals surface area contributed by atoms with Gasteiger partial charge >= 0.3 is 0 Å². The molecule has 0 unspecified atom stereocenters. The van der Waals surface area contributed by atoms with Crippen LogP contribution in [0.5, 0.6) is 0 Å². The third kappa shape index (κ3) is 6.45. The summed E-state index contributed by atoms with van der Waals surface area (Å²) >= 11 is 3.11. The molecule has 1 heterocycles. The molecule has 6 N–H and O–H groups in total. The molecule has 0 aliphatic heterocycles. The normalized spacial score (nSPS) is 19.4. The molecular formula is C17H23BrFN7O3S. The summed E-state index contributed by atoms with van der Waals surface area (Å²) in [5.41, 5.74) is 0.755. The van der Waals surface area contributed by atoms with Gasteiger partial charge in [-0.3, -0.25) is 5.41 Å². The smallest absolute Gasteiger partial charge is 0.274 e. The molecule has 13 heteroatoms. The Morgan fingerprint density at radius 3 is 2.70 bits per heavy atom. The summed E-state index contributed by atoms with van der Waals surface area (Å²) in [6, 6.07) is 4.47. The van der Waals surface area contributed by atoms with E-state index >= 15 is 0 Å². The van der Waals surface area contributed by atoms with E-state index in [1.165, 1.54) is 18.2 Å². The van der Waals surface area contributed by atoms with Crippen LogP contribution in [0.2, 0.25) is 0 Å². The summed E-state index contributed by atoms with van der Waals surface area (Å²) < 4.78 is 42.6. The van der Waals surface area contributed by atoms with Crippen LogP contribution in [0.25, 0.3) is 0 Å². The van der Waals surface area contributed by atoms with Crippen molar-refractivity contribution in [2.45, 2.75) is 38.1 Å². The number of aromatic nitrogens is 2. The second kappa shape index (κ2) is 9.81. The van der Waals surface area contributed by atoms with Crippen LogP contribution < -0.4 is 20.5 Å². The lowest BCUT2D eigenvalue weighted by atomic mass is 9.84. The zero-order valence-electron chi connectivity index (χ0n) is 16.0. The minimum atomic E-state index is -3.65. The molecule has 3 rings (SSSR count). The van der Waals surface area contributed by atoms with E-state index in [1.807, 2.05) is 0 Å². The molecule has 30 heavy (non-hydrogen) atoms. The van der Waals surface area contributed by atoms with Gasteiger partial charge in [0.1, 0.15) is 5.82 Å². The molecule has 1 fully saturated rings. The van der Waals surface area contributed by atoms with Crippen LogP contribution >= 0.6 is 15.9 Å². The summed E-state index contributed by atoms with van der Waals surface area (Å²) in [7, 11) is -3.65. The maximum atomic E-state index is 13.4. The Labute approximate surface area is 182 Å². The highest BCUT2D eigenvalue weighted by Crippen LogP contribution is 2.29. The predicted molar refractivity (Wildman–Crippen MR) is 114 cm³/mol. The lowest BCUT2D eigenvalue weighted by Crippen LogP contribution is -2.33. The summed E-state index contributed by atoms with van der Waals surface area (Å²) in [5.74, 6) is 0.366. The van der Waals surface area contributed by atoms with Crippen LogP contribution in [0.4, 0.5) is 15.9 Å². The summed E-state index contributed by atoms with van der Waals surface area (Å²) in [6.45, 7) is 0.335. The zero-order chi connectivity index (χ0) is 21.7. The van der Waals surface area contributed by atoms with E-state index in [-0.39, 0.29) is 22.0 Å². The van der Waals surface area contributed by atoms with Gasteiger partial charge in [0.2, 0.25) is 5.82 Å². The molecule has 1 saturated carbocycles. The van der Waals surface area contributed by atoms with Crippen molar-refractivity contribution in [3.05, 3.63) is 34.2 Å². The van der Waals surface area contributed by atoms with E-state index in [9.17, 15) is 12.8 Å². The van der Waals surface area contributed by atoms with E-state index in [0.29, 0.717) is 24.0 Å². The van der Waals surface area contributed by atoms with Crippen molar-refractivity contribution in [2.75, 3.05) is 17.2 Å². The first-order valence-electron chi connectivity index (χ1n) is 9.38. The maximum Gasteiger partial charge on any atom is 0.274 e. The van der Waals surface area contributed by atoms with Crippen LogP contribution in [0, 0.1) is 17.1 Å². The molecule has 0 radical (unpaired) electrons. The molecule has 1 aromatic carbocycles. The Kier molecular flexibility index (Phi) is 7.39. The lowest BCUT2D eigenvalue weighted by molar-refractivity contribution is 0.304. The van der Waals surface area contributed by atoms with E-state index in [4.69, 9.17) is 15.2 Å². The minimum absolute atomic E-state index is 0.0278. The number of nitrogens with one attached hydrogen (secondary N) is 4. The fourth-order valence-electron chi connectivity index (χ4n) is 3.42. The molecule has 1 aliphatic rings. The Morgan fingerprint density at radius 1 is 1.30 bits per heavy atom. The standard InChI is InChI=1S/C17H23BrFN7O3S/c18-13-9-12(5-6-14(13)19)23-16(20)15-17(26-29-25-15)24-11-3-1-10(2-4-11)7-8-22-30(21,27)28/h5-6,9-11,22H,1-4,7-8H2,(H2,20,23)(H,24,26)(H2,21,27,28)/t10-,11-. The third-order valence-electron chi connectivity index (χ3n) is 4.96. The van der Waals surface area contributed by atoms with Crippen molar-refractivity contribution in [2.24, 2.45) is 11.1 Å². The molecule has 2 aromatic rings. The van der Waals surface area contributed by atoms with Gasteiger partial charge in [-0.15, -0.1) is 0 Å². The van der Waals surface area contributed by atoms with Crippen molar-refractivity contribution in [3.8, 4) is 0 Å². The number of hydrogen-bond donors (Lipinski definition) is 5. The summed E-state index contributed by atoms with van der Waals surface area (Å²) in [6.07, 6.45) is 4.35. The Balaban J connectivity index is 1.51. The number of anilines is 2. The van der Waals surface area contributed by atoms with Gasteiger partial charge in [-0.2, -0.15) is 8.42 Å². The van der Waals surface area contributed by atoms with E-state index in [2.05, 4.69) is 41.6 Å². The SMILES string of the molecule is N=C(Nc1ccc(F)c(Br)c1)c1nonc1N[C@H]1CC[C@H](CCNS(N)(=O)=O)CC1. The van der Waals surface area contributed by atoms with Crippen LogP contribution in [-0.4, -0.2) is 37.2 Å². The number of hydrogen-bond acceptors (Lipinski definition) is 7. The van der Waals surface area contributed by atoms with Gasteiger partial charge in [-0.05, 0) is 82.5 Å². The molecule has 0 spiro atoms. The monoisotopic (exact) mass is 503 g/mol. The quantitative estimate of drug-likeness (QED) is 0.273. The summed E-state index contributed by atoms with van der Waals surface area (Å²) in [5, 5.41) is 27.0. The maximum absolute atomic E-state index is 13.4. The fourth-order valence-corrected chi connectivity index (χ4v) is 4.20. The van der Waals surface area contributed by atoms with Crippen LogP contribution in [-0.2, 0) is 10.2 Å². The average molecular weight is 504 g/mol. The number of halogens is 2. The fraction of sp³-hybridized carbons (Fsp3) is 0.471. The Bertz CT molecular complexity index is 993. The van der Waals surface area contributed by atoms with Gasteiger partial charge in [0.15, 0.2) is 11.5 Å². The van der Waals surface area contributed by atoms with Crippen molar-refractivity contribution in [1.82, 2.24) is 15.0 Å². The molecule has 0 bridgehead atoms. The van der Waals surface area contributed by atoms with E-state index in [0.717, 1.165) is 32.1 Å². The highest BCUT2D eigenvalue weighted by molar-refractivity contribution is 9.10. The second-order valence-corrected chi connectivity index (χ2v) is 9.41. The second-order valence-electron chi connectivity index (χ2n) is 7.18. The molecule has 10 nitrogen and oxygen atoms in total. The predicted octanol–water partition coefficient (Wildman–Crippen LogP) is 2.56. The molecule has 1 aromatic heterocycles. The average Bonchev–Trinajstić information content (AvgIpc) is 3.13. The Morgan fingerprint density at radius 2 is 2.03 bits per heavy atom. The molecule has 0 atom stereocenters. The van der Waals surface area contributed by atoms with Crippen molar-refractivity contribution in [1.29, 1.82) is 5.41 Å². The van der Waals surface area contributed by atoms with Gasteiger partial charge in [0.25, 0.3) is 10.2 Å². The van der Waals surface area contributed by atoms with Gasteiger partial charge in [0, 0.05) is 18.3 Å². The van der Waals surface area contributed by atoms with Gasteiger partial charge in [0.05, 0.1) is 4.47 Å².